The number of hydrogen-bond acceptors (Lipinski definition) is 5. The second-order valence-corrected chi connectivity index (χ2v) is 3.76. The van der Waals surface area contributed by atoms with Crippen LogP contribution in [-0.4, -0.2) is 25.5 Å². The molecule has 0 aromatic carbocycles. The van der Waals surface area contributed by atoms with Crippen molar-refractivity contribution < 1.29 is 4.79 Å². The van der Waals surface area contributed by atoms with Crippen molar-refractivity contribution in [2.75, 3.05) is 5.73 Å². The van der Waals surface area contributed by atoms with E-state index < -0.39 is 5.91 Å². The normalized spacial score (nSPS) is 10.3. The van der Waals surface area contributed by atoms with Crippen molar-refractivity contribution in [2.45, 2.75) is 6.92 Å². The van der Waals surface area contributed by atoms with Crippen molar-refractivity contribution in [3.8, 4) is 11.9 Å². The number of primary amides is 1. The first-order chi connectivity index (χ1) is 8.45. The predicted octanol–water partition coefficient (Wildman–Crippen LogP) is -0.533. The van der Waals surface area contributed by atoms with E-state index in [9.17, 15) is 4.79 Å². The van der Waals surface area contributed by atoms with Gasteiger partial charge in [0.05, 0.1) is 17.6 Å². The largest absolute Gasteiger partial charge is 0.396 e. The van der Waals surface area contributed by atoms with Gasteiger partial charge in [0.2, 0.25) is 0 Å². The SMILES string of the molecule is Cc1nn(C)c(-n2cc(N)c(C(N)=O)n2)c1C#N. The first-order valence-corrected chi connectivity index (χ1v) is 5.04. The maximum atomic E-state index is 11.1. The van der Waals surface area contributed by atoms with Gasteiger partial charge in [-0.1, -0.05) is 0 Å². The summed E-state index contributed by atoms with van der Waals surface area (Å²) in [6, 6.07) is 2.04. The van der Waals surface area contributed by atoms with Crippen LogP contribution >= 0.6 is 0 Å². The quantitative estimate of drug-likeness (QED) is 0.734. The van der Waals surface area contributed by atoms with Gasteiger partial charge in [0.25, 0.3) is 5.91 Å². The lowest BCUT2D eigenvalue weighted by molar-refractivity contribution is 0.0996. The number of nitriles is 1. The Morgan fingerprint density at radius 3 is 2.67 bits per heavy atom. The second-order valence-electron chi connectivity index (χ2n) is 3.76. The van der Waals surface area contributed by atoms with Gasteiger partial charge in [0, 0.05) is 7.05 Å². The average molecular weight is 245 g/mol. The van der Waals surface area contributed by atoms with Gasteiger partial charge in [0.15, 0.2) is 11.5 Å². The molecular weight excluding hydrogens is 234 g/mol. The van der Waals surface area contributed by atoms with Crippen LogP contribution in [0.25, 0.3) is 5.82 Å². The summed E-state index contributed by atoms with van der Waals surface area (Å²) >= 11 is 0. The topological polar surface area (TPSA) is 129 Å². The molecule has 0 aliphatic heterocycles. The molecule has 0 atom stereocenters. The number of aromatic nitrogens is 4. The van der Waals surface area contributed by atoms with E-state index in [-0.39, 0.29) is 11.4 Å². The maximum Gasteiger partial charge on any atom is 0.271 e. The van der Waals surface area contributed by atoms with Gasteiger partial charge in [-0.25, -0.2) is 9.36 Å². The van der Waals surface area contributed by atoms with E-state index in [1.807, 2.05) is 6.07 Å². The molecule has 18 heavy (non-hydrogen) atoms. The van der Waals surface area contributed by atoms with E-state index in [4.69, 9.17) is 16.7 Å². The van der Waals surface area contributed by atoms with Crippen LogP contribution in [0.5, 0.6) is 0 Å². The number of carbonyl (C=O) groups is 1. The molecule has 0 saturated carbocycles. The standard InChI is InChI=1S/C10H11N7O/c1-5-6(3-11)10(16(2)14-5)17-4-7(12)8(15-17)9(13)18/h4H,12H2,1-2H3,(H2,13,18). The van der Waals surface area contributed by atoms with Gasteiger partial charge in [-0.05, 0) is 6.92 Å². The molecule has 0 aliphatic rings. The number of rotatable bonds is 2. The fourth-order valence-electron chi connectivity index (χ4n) is 1.73. The van der Waals surface area contributed by atoms with Gasteiger partial charge in [-0.2, -0.15) is 15.5 Å². The zero-order chi connectivity index (χ0) is 13.4. The van der Waals surface area contributed by atoms with E-state index in [2.05, 4.69) is 10.2 Å². The number of carbonyl (C=O) groups excluding carboxylic acids is 1. The molecule has 0 aliphatic carbocycles. The third-order valence-corrected chi connectivity index (χ3v) is 2.50. The summed E-state index contributed by atoms with van der Waals surface area (Å²) < 4.78 is 2.82. The van der Waals surface area contributed by atoms with Crippen molar-refractivity contribution in [1.82, 2.24) is 19.6 Å². The highest BCUT2D eigenvalue weighted by atomic mass is 16.1. The summed E-state index contributed by atoms with van der Waals surface area (Å²) in [6.07, 6.45) is 1.43. The minimum atomic E-state index is -0.719. The molecule has 92 valence electrons. The molecular formula is C10H11N7O. The van der Waals surface area contributed by atoms with Crippen molar-refractivity contribution in [3.05, 3.63) is 23.1 Å². The van der Waals surface area contributed by atoms with Crippen molar-refractivity contribution >= 4 is 11.6 Å². The van der Waals surface area contributed by atoms with Crippen LogP contribution in [0, 0.1) is 18.3 Å². The summed E-state index contributed by atoms with van der Waals surface area (Å²) in [6.45, 7) is 1.71. The Kier molecular flexibility index (Phi) is 2.52. The van der Waals surface area contributed by atoms with E-state index in [0.717, 1.165) is 0 Å². The predicted molar refractivity (Wildman–Crippen MR) is 62.7 cm³/mol. The Balaban J connectivity index is 2.67. The first-order valence-electron chi connectivity index (χ1n) is 5.04. The molecule has 0 spiro atoms. The minimum Gasteiger partial charge on any atom is -0.396 e. The van der Waals surface area contributed by atoms with Crippen LogP contribution in [0.4, 0.5) is 5.69 Å². The summed E-state index contributed by atoms with van der Waals surface area (Å²) in [4.78, 5) is 11.1. The van der Waals surface area contributed by atoms with E-state index >= 15 is 0 Å². The Bertz CT molecular complexity index is 673. The highest BCUT2D eigenvalue weighted by Gasteiger charge is 2.19. The molecule has 8 heteroatoms. The van der Waals surface area contributed by atoms with Crippen molar-refractivity contribution in [3.63, 3.8) is 0 Å². The molecule has 2 heterocycles. The molecule has 4 N–H and O–H groups in total. The Morgan fingerprint density at radius 2 is 2.17 bits per heavy atom. The van der Waals surface area contributed by atoms with E-state index in [1.165, 1.54) is 15.6 Å². The zero-order valence-electron chi connectivity index (χ0n) is 9.88. The summed E-state index contributed by atoms with van der Waals surface area (Å²) in [5.74, 6) is -0.280. The van der Waals surface area contributed by atoms with Crippen molar-refractivity contribution in [2.24, 2.45) is 12.8 Å². The number of aryl methyl sites for hydroxylation is 2. The first kappa shape index (κ1) is 11.7. The fraction of sp³-hybridized carbons (Fsp3) is 0.200. The van der Waals surface area contributed by atoms with Crippen LogP contribution < -0.4 is 11.5 Å². The number of nitrogens with two attached hydrogens (primary N) is 2. The molecule has 2 aromatic heterocycles. The maximum absolute atomic E-state index is 11.1. The summed E-state index contributed by atoms with van der Waals surface area (Å²) in [5, 5.41) is 17.2. The lowest BCUT2D eigenvalue weighted by atomic mass is 10.3. The number of nitrogen functional groups attached to an aromatic ring is 1. The van der Waals surface area contributed by atoms with Crippen LogP contribution in [-0.2, 0) is 7.05 Å². The van der Waals surface area contributed by atoms with Crippen LogP contribution in [0.2, 0.25) is 0 Å². The summed E-state index contributed by atoms with van der Waals surface area (Å²) in [7, 11) is 1.67. The van der Waals surface area contributed by atoms with Gasteiger partial charge < -0.3 is 11.5 Å². The van der Waals surface area contributed by atoms with Crippen LogP contribution in [0.15, 0.2) is 6.20 Å². The van der Waals surface area contributed by atoms with Gasteiger partial charge in [-0.15, -0.1) is 0 Å². The van der Waals surface area contributed by atoms with E-state index in [1.54, 1.807) is 14.0 Å². The monoisotopic (exact) mass is 245 g/mol. The third kappa shape index (κ3) is 1.58. The number of hydrogen-bond donors (Lipinski definition) is 2. The van der Waals surface area contributed by atoms with E-state index in [0.29, 0.717) is 17.1 Å². The van der Waals surface area contributed by atoms with Gasteiger partial charge >= 0.3 is 0 Å². The Morgan fingerprint density at radius 1 is 1.50 bits per heavy atom. The number of nitrogens with zero attached hydrogens (tertiary/aromatic N) is 5. The molecule has 0 radical (unpaired) electrons. The zero-order valence-corrected chi connectivity index (χ0v) is 9.88. The minimum absolute atomic E-state index is 0.0299. The lowest BCUT2D eigenvalue weighted by Gasteiger charge is -2.01. The number of anilines is 1. The molecule has 2 aromatic rings. The Hall–Kier alpha value is -2.82. The smallest absolute Gasteiger partial charge is 0.271 e. The molecule has 1 amide bonds. The van der Waals surface area contributed by atoms with Gasteiger partial charge in [0.1, 0.15) is 11.6 Å². The highest BCUT2D eigenvalue weighted by Crippen LogP contribution is 2.19. The fourth-order valence-corrected chi connectivity index (χ4v) is 1.73. The molecule has 0 unspecified atom stereocenters. The van der Waals surface area contributed by atoms with Crippen LogP contribution in [0.1, 0.15) is 21.7 Å². The van der Waals surface area contributed by atoms with Crippen LogP contribution in [0.3, 0.4) is 0 Å². The second kappa shape index (κ2) is 3.89. The number of amides is 1. The highest BCUT2D eigenvalue weighted by molar-refractivity contribution is 5.95. The van der Waals surface area contributed by atoms with Crippen molar-refractivity contribution in [1.29, 1.82) is 5.26 Å². The third-order valence-electron chi connectivity index (χ3n) is 2.50. The lowest BCUT2D eigenvalue weighted by Crippen LogP contribution is -2.14. The summed E-state index contributed by atoms with van der Waals surface area (Å²) in [5.41, 5.74) is 11.8. The Labute approximate surface area is 102 Å². The molecule has 0 saturated heterocycles. The molecule has 0 bridgehead atoms. The molecule has 8 nitrogen and oxygen atoms in total. The van der Waals surface area contributed by atoms with Gasteiger partial charge in [-0.3, -0.25) is 4.79 Å². The molecule has 2 rings (SSSR count). The average Bonchev–Trinajstić information content (AvgIpc) is 2.78. The molecule has 0 fully saturated rings.